The van der Waals surface area contributed by atoms with E-state index >= 15 is 0 Å². The van der Waals surface area contributed by atoms with Crippen molar-refractivity contribution in [3.05, 3.63) is 82.9 Å². The molecule has 1 aliphatic heterocycles. The van der Waals surface area contributed by atoms with Crippen LogP contribution in [0.4, 0.5) is 19.3 Å². The number of urea groups is 1. The van der Waals surface area contributed by atoms with E-state index < -0.39 is 6.61 Å². The van der Waals surface area contributed by atoms with E-state index in [1.807, 2.05) is 0 Å². The van der Waals surface area contributed by atoms with E-state index in [0.29, 0.717) is 23.0 Å². The van der Waals surface area contributed by atoms with E-state index in [1.54, 1.807) is 36.4 Å². The van der Waals surface area contributed by atoms with Gasteiger partial charge in [0.2, 0.25) is 0 Å². The molecule has 2 aliphatic rings. The third kappa shape index (κ3) is 5.11. The van der Waals surface area contributed by atoms with Crippen molar-refractivity contribution in [1.29, 1.82) is 0 Å². The van der Waals surface area contributed by atoms with Crippen molar-refractivity contribution >= 4 is 29.0 Å². The van der Waals surface area contributed by atoms with Crippen molar-refractivity contribution in [1.82, 2.24) is 5.01 Å². The van der Waals surface area contributed by atoms with E-state index in [-0.39, 0.29) is 17.7 Å². The van der Waals surface area contributed by atoms with Gasteiger partial charge in [0.1, 0.15) is 5.75 Å². The van der Waals surface area contributed by atoms with E-state index in [0.717, 1.165) is 24.0 Å². The maximum absolute atomic E-state index is 12.8. The molecule has 4 rings (SSSR count). The molecule has 1 N–H and O–H groups in total. The van der Waals surface area contributed by atoms with Crippen molar-refractivity contribution in [2.45, 2.75) is 19.5 Å². The summed E-state index contributed by atoms with van der Waals surface area (Å²) in [7, 11) is 0. The number of ether oxygens (including phenoxy) is 1. The molecule has 0 saturated heterocycles. The lowest BCUT2D eigenvalue weighted by Crippen LogP contribution is -2.31. The van der Waals surface area contributed by atoms with E-state index in [2.05, 4.69) is 33.4 Å². The third-order valence-corrected chi connectivity index (χ3v) is 5.30. The van der Waals surface area contributed by atoms with Crippen LogP contribution in [0.3, 0.4) is 0 Å². The topological polar surface area (TPSA) is 53.9 Å². The number of anilines is 1. The Kier molecular flexibility index (Phi) is 6.32. The van der Waals surface area contributed by atoms with Crippen LogP contribution in [0.1, 0.15) is 18.4 Å². The Labute approximate surface area is 183 Å². The van der Waals surface area contributed by atoms with Gasteiger partial charge in [-0.25, -0.2) is 9.80 Å². The van der Waals surface area contributed by atoms with Gasteiger partial charge >= 0.3 is 12.6 Å². The molecule has 0 spiro atoms. The zero-order valence-corrected chi connectivity index (χ0v) is 17.2. The summed E-state index contributed by atoms with van der Waals surface area (Å²) in [5, 5.41) is 9.35. The van der Waals surface area contributed by atoms with Crippen molar-refractivity contribution in [2.75, 3.05) is 11.9 Å². The minimum absolute atomic E-state index is 0.0722. The van der Waals surface area contributed by atoms with Crippen LogP contribution in [0.25, 0.3) is 0 Å². The second-order valence-electron chi connectivity index (χ2n) is 7.14. The SMILES string of the molecule is O=C(Nc1ccc(Cl)cc1)N1CC(C2=CCCC=C2)C(c2ccc(OC(F)F)cc2)=N1. The van der Waals surface area contributed by atoms with E-state index in [1.165, 1.54) is 17.1 Å². The van der Waals surface area contributed by atoms with Crippen LogP contribution in [0.15, 0.2) is 77.4 Å². The van der Waals surface area contributed by atoms with Crippen LogP contribution >= 0.6 is 11.6 Å². The van der Waals surface area contributed by atoms with Crippen molar-refractivity contribution in [3.63, 3.8) is 0 Å². The van der Waals surface area contributed by atoms with Gasteiger partial charge in [-0.1, -0.05) is 29.8 Å². The minimum atomic E-state index is -2.88. The number of amides is 2. The Bertz CT molecular complexity index is 1030. The summed E-state index contributed by atoms with van der Waals surface area (Å²) in [4.78, 5) is 12.8. The van der Waals surface area contributed by atoms with Crippen LogP contribution in [0, 0.1) is 5.92 Å². The summed E-state index contributed by atoms with van der Waals surface area (Å²) < 4.78 is 29.3. The second-order valence-corrected chi connectivity index (χ2v) is 7.58. The average Bonchev–Trinajstić information content (AvgIpc) is 3.22. The van der Waals surface area contributed by atoms with Crippen molar-refractivity contribution < 1.29 is 18.3 Å². The number of alkyl halides is 2. The lowest BCUT2D eigenvalue weighted by atomic mass is 9.87. The fraction of sp³-hybridized carbons (Fsp3) is 0.217. The summed E-state index contributed by atoms with van der Waals surface area (Å²) in [6.07, 6.45) is 8.20. The number of halogens is 3. The molecule has 0 radical (unpaired) electrons. The van der Waals surface area contributed by atoms with Gasteiger partial charge in [0, 0.05) is 16.6 Å². The maximum Gasteiger partial charge on any atom is 0.387 e. The lowest BCUT2D eigenvalue weighted by molar-refractivity contribution is -0.0498. The lowest BCUT2D eigenvalue weighted by Gasteiger charge is -2.18. The molecule has 2 aromatic carbocycles. The first kappa shape index (κ1) is 21.1. The summed E-state index contributed by atoms with van der Waals surface area (Å²) in [6, 6.07) is 12.8. The van der Waals surface area contributed by atoms with Crippen LogP contribution in [0.5, 0.6) is 5.75 Å². The molecule has 2 aromatic rings. The number of nitrogens with one attached hydrogen (secondary N) is 1. The van der Waals surface area contributed by atoms with E-state index in [9.17, 15) is 13.6 Å². The summed E-state index contributed by atoms with van der Waals surface area (Å²) in [6.45, 7) is -2.51. The first-order valence-corrected chi connectivity index (χ1v) is 10.2. The number of rotatable bonds is 5. The highest BCUT2D eigenvalue weighted by Crippen LogP contribution is 2.30. The number of hydrazone groups is 1. The monoisotopic (exact) mass is 443 g/mol. The van der Waals surface area contributed by atoms with Crippen LogP contribution in [0.2, 0.25) is 5.02 Å². The molecule has 8 heteroatoms. The van der Waals surface area contributed by atoms with Crippen molar-refractivity contribution in [2.24, 2.45) is 11.0 Å². The highest BCUT2D eigenvalue weighted by molar-refractivity contribution is 6.30. The number of benzene rings is 2. The van der Waals surface area contributed by atoms with Gasteiger partial charge in [-0.15, -0.1) is 0 Å². The Morgan fingerprint density at radius 1 is 1.13 bits per heavy atom. The van der Waals surface area contributed by atoms with Crippen LogP contribution in [-0.4, -0.2) is 29.9 Å². The fourth-order valence-electron chi connectivity index (χ4n) is 3.57. The number of hydrogen-bond acceptors (Lipinski definition) is 3. The second kappa shape index (κ2) is 9.31. The summed E-state index contributed by atoms with van der Waals surface area (Å²) in [5.74, 6) is -0.0441. The molecule has 0 saturated carbocycles. The molecule has 0 bridgehead atoms. The van der Waals surface area contributed by atoms with Gasteiger partial charge < -0.3 is 10.1 Å². The average molecular weight is 444 g/mol. The molecule has 1 aliphatic carbocycles. The minimum Gasteiger partial charge on any atom is -0.435 e. The normalized spacial score (nSPS) is 18.1. The standard InChI is InChI=1S/C23H20ClF2N3O2/c24-17-8-10-18(11-9-17)27-23(30)29-14-20(15-4-2-1-3-5-15)21(28-29)16-6-12-19(13-7-16)31-22(25)26/h2,4-13,20,22H,1,3,14H2,(H,27,30). The van der Waals surface area contributed by atoms with Crippen LogP contribution < -0.4 is 10.1 Å². The third-order valence-electron chi connectivity index (χ3n) is 5.05. The quantitative estimate of drug-likeness (QED) is 0.608. The first-order valence-electron chi connectivity index (χ1n) is 9.84. The molecule has 0 aromatic heterocycles. The van der Waals surface area contributed by atoms with Gasteiger partial charge in [-0.3, -0.25) is 0 Å². The fourth-order valence-corrected chi connectivity index (χ4v) is 3.70. The van der Waals surface area contributed by atoms with Gasteiger partial charge in [0.05, 0.1) is 12.3 Å². The Morgan fingerprint density at radius 3 is 2.52 bits per heavy atom. The van der Waals surface area contributed by atoms with E-state index in [4.69, 9.17) is 11.6 Å². The summed E-state index contributed by atoms with van der Waals surface area (Å²) >= 11 is 5.90. The number of carbonyl (C=O) groups excluding carboxylic acids is 1. The molecule has 0 fully saturated rings. The van der Waals surface area contributed by atoms with Gasteiger partial charge in [0.15, 0.2) is 0 Å². The van der Waals surface area contributed by atoms with Gasteiger partial charge in [-0.2, -0.15) is 13.9 Å². The molecule has 1 heterocycles. The zero-order valence-electron chi connectivity index (χ0n) is 16.5. The Morgan fingerprint density at radius 2 is 1.87 bits per heavy atom. The number of nitrogens with zero attached hydrogens (tertiary/aromatic N) is 2. The zero-order chi connectivity index (χ0) is 21.8. The molecule has 5 nitrogen and oxygen atoms in total. The van der Waals surface area contributed by atoms with Crippen molar-refractivity contribution in [3.8, 4) is 5.75 Å². The Hall–Kier alpha value is -3.19. The predicted octanol–water partition coefficient (Wildman–Crippen LogP) is 6.09. The predicted molar refractivity (Wildman–Crippen MR) is 117 cm³/mol. The van der Waals surface area contributed by atoms with Gasteiger partial charge in [-0.05, 0) is 72.5 Å². The molecule has 1 unspecified atom stereocenters. The smallest absolute Gasteiger partial charge is 0.387 e. The molecule has 2 amide bonds. The highest BCUT2D eigenvalue weighted by atomic mass is 35.5. The maximum atomic E-state index is 12.8. The largest absolute Gasteiger partial charge is 0.435 e. The first-order chi connectivity index (χ1) is 15.0. The molecule has 1 atom stereocenters. The summed E-state index contributed by atoms with van der Waals surface area (Å²) in [5.41, 5.74) is 3.14. The van der Waals surface area contributed by atoms with Crippen LogP contribution in [-0.2, 0) is 0 Å². The number of carbonyl (C=O) groups is 1. The molecule has 31 heavy (non-hydrogen) atoms. The highest BCUT2D eigenvalue weighted by Gasteiger charge is 2.33. The number of hydrogen-bond donors (Lipinski definition) is 1. The molecular weight excluding hydrogens is 424 g/mol. The molecule has 160 valence electrons. The van der Waals surface area contributed by atoms with Gasteiger partial charge in [0.25, 0.3) is 0 Å². The number of allylic oxidation sites excluding steroid dienone is 3. The Balaban J connectivity index is 1.58. The molecular formula is C23H20ClF2N3O2.